The summed E-state index contributed by atoms with van der Waals surface area (Å²) in [6.45, 7) is 4.56. The summed E-state index contributed by atoms with van der Waals surface area (Å²) in [7, 11) is 11.4. The Morgan fingerprint density at radius 1 is 0.362 bits per heavy atom. The van der Waals surface area contributed by atoms with Crippen molar-refractivity contribution in [2.45, 2.75) is 217 Å². The van der Waals surface area contributed by atoms with Crippen molar-refractivity contribution >= 4 is 82.5 Å². The van der Waals surface area contributed by atoms with Crippen LogP contribution < -0.4 is 11.5 Å². The average Bonchev–Trinajstić information content (AvgIpc) is 3.05. The van der Waals surface area contributed by atoms with Gasteiger partial charge in [-0.2, -0.15) is 0 Å². The van der Waals surface area contributed by atoms with Crippen LogP contribution in [0.3, 0.4) is 0 Å². The number of hydrogen-bond acceptors (Lipinski definition) is 9. The van der Waals surface area contributed by atoms with Gasteiger partial charge in [-0.15, -0.1) is 0 Å². The Labute approximate surface area is 318 Å². The molecule has 2 amide bonds. The Morgan fingerprint density at radius 3 is 0.809 bits per heavy atom. The molecule has 11 heteroatoms. The number of nitrogens with two attached hydrogens (primary N) is 2. The third kappa shape index (κ3) is 37.0. The number of carbonyl (C=O) groups is 2. The van der Waals surface area contributed by atoms with E-state index in [4.69, 9.17) is 11.5 Å². The van der Waals surface area contributed by atoms with Crippen LogP contribution >= 0.6 is 70.7 Å². The molecule has 0 aromatic heterocycles. The van der Waals surface area contributed by atoms with Gasteiger partial charge in [0, 0.05) is 0 Å². The molecule has 0 heterocycles. The van der Waals surface area contributed by atoms with Crippen LogP contribution in [0.15, 0.2) is 0 Å². The third-order valence-electron chi connectivity index (χ3n) is 8.70. The quantitative estimate of drug-likeness (QED) is 0.0465. The monoisotopic (exact) mass is 788 g/mol. The molecule has 2 unspecified atom stereocenters. The summed E-state index contributed by atoms with van der Waals surface area (Å²) in [6, 6.07) is 0. The minimum absolute atomic E-state index is 0.123. The topological polar surface area (TPSA) is 86.2 Å². The van der Waals surface area contributed by atoms with E-state index in [0.717, 1.165) is 25.7 Å². The van der Waals surface area contributed by atoms with Gasteiger partial charge in [0.1, 0.15) is 0 Å². The fourth-order valence-corrected chi connectivity index (χ4v) is 20.8. The number of primary amides is 2. The van der Waals surface area contributed by atoms with Gasteiger partial charge in [0.2, 0.25) is 11.8 Å². The SMILES string of the molecule is CCCCCCCCCCCCCCCCC(SSSSSSSC(CCCCCCCCCCCCCCCC)C(N)=O)C(N)=O. The van der Waals surface area contributed by atoms with E-state index >= 15 is 0 Å². The minimum Gasteiger partial charge on any atom is -0.369 e. The van der Waals surface area contributed by atoms with Gasteiger partial charge in [-0.05, 0) is 62.0 Å². The predicted molar refractivity (Wildman–Crippen MR) is 229 cm³/mol. The van der Waals surface area contributed by atoms with Gasteiger partial charge in [-0.25, -0.2) is 0 Å². The van der Waals surface area contributed by atoms with E-state index in [2.05, 4.69) is 13.8 Å². The van der Waals surface area contributed by atoms with Crippen LogP contribution in [-0.2, 0) is 9.59 Å². The molecule has 0 spiro atoms. The van der Waals surface area contributed by atoms with Crippen LogP contribution in [0.1, 0.15) is 206 Å². The van der Waals surface area contributed by atoms with Crippen LogP contribution in [0.2, 0.25) is 0 Å². The van der Waals surface area contributed by atoms with E-state index in [0.29, 0.717) is 0 Å². The average molecular weight is 789 g/mol. The normalized spacial score (nSPS) is 12.8. The first-order chi connectivity index (χ1) is 23.0. The fourth-order valence-electron chi connectivity index (χ4n) is 5.69. The molecule has 0 rings (SSSR count). The number of amides is 2. The van der Waals surface area contributed by atoms with Crippen molar-refractivity contribution < 1.29 is 9.59 Å². The van der Waals surface area contributed by atoms with Gasteiger partial charge in [-0.1, -0.05) is 215 Å². The Balaban J connectivity index is 3.65. The highest BCUT2D eigenvalue weighted by Crippen LogP contribution is 2.56. The van der Waals surface area contributed by atoms with E-state index in [1.54, 1.807) is 70.7 Å². The van der Waals surface area contributed by atoms with Gasteiger partial charge in [0.15, 0.2) is 0 Å². The summed E-state index contributed by atoms with van der Waals surface area (Å²) in [5.41, 5.74) is 11.4. The van der Waals surface area contributed by atoms with E-state index in [9.17, 15) is 9.59 Å². The molecular weight excluding hydrogens is 717 g/mol. The number of carbonyl (C=O) groups excluding carboxylic acids is 2. The maximum absolute atomic E-state index is 11.9. The second-order valence-electron chi connectivity index (χ2n) is 13.1. The van der Waals surface area contributed by atoms with E-state index < -0.39 is 0 Å². The zero-order valence-electron chi connectivity index (χ0n) is 30.2. The molecule has 0 aliphatic heterocycles. The van der Waals surface area contributed by atoms with Gasteiger partial charge < -0.3 is 11.5 Å². The molecule has 4 N–H and O–H groups in total. The third-order valence-corrected chi connectivity index (χ3v) is 22.4. The molecule has 4 nitrogen and oxygen atoms in total. The summed E-state index contributed by atoms with van der Waals surface area (Å²) in [5.74, 6) is -0.402. The molecule has 0 bridgehead atoms. The standard InChI is InChI=1S/C36H72N2O2S7/c1-3-5-7-9-11-13-15-17-19-21-23-25-27-29-31-33(35(37)39)41-43-45-47-46-44-42-34(36(38)40)32-30-28-26-24-22-20-18-16-14-12-10-8-6-4-2/h33-34H,3-32H2,1-2H3,(H2,37,39)(H2,38,40). The second-order valence-corrected chi connectivity index (χ2v) is 24.6. The molecule has 0 aromatic rings. The molecule has 0 saturated heterocycles. The van der Waals surface area contributed by atoms with Crippen LogP contribution in [-0.4, -0.2) is 22.3 Å². The van der Waals surface area contributed by atoms with Crippen LogP contribution in [0.25, 0.3) is 0 Å². The molecule has 0 aromatic carbocycles. The molecule has 2 atom stereocenters. The van der Waals surface area contributed by atoms with Crippen LogP contribution in [0, 0.1) is 0 Å². The van der Waals surface area contributed by atoms with Gasteiger partial charge in [0.05, 0.1) is 10.5 Å². The van der Waals surface area contributed by atoms with Crippen LogP contribution in [0.5, 0.6) is 0 Å². The highest BCUT2D eigenvalue weighted by Gasteiger charge is 2.18. The fraction of sp³-hybridized carbons (Fsp3) is 0.944. The maximum Gasteiger partial charge on any atom is 0.231 e. The van der Waals surface area contributed by atoms with Gasteiger partial charge >= 0.3 is 0 Å². The van der Waals surface area contributed by atoms with Gasteiger partial charge in [0.25, 0.3) is 0 Å². The largest absolute Gasteiger partial charge is 0.369 e. The number of hydrogen-bond donors (Lipinski definition) is 2. The van der Waals surface area contributed by atoms with Crippen LogP contribution in [0.4, 0.5) is 0 Å². The lowest BCUT2D eigenvalue weighted by Crippen LogP contribution is -2.24. The molecule has 0 aliphatic rings. The van der Waals surface area contributed by atoms with Crippen molar-refractivity contribution in [3.05, 3.63) is 0 Å². The zero-order valence-corrected chi connectivity index (χ0v) is 35.9. The van der Waals surface area contributed by atoms with E-state index in [-0.39, 0.29) is 22.3 Å². The molecule has 280 valence electrons. The Morgan fingerprint density at radius 2 is 0.574 bits per heavy atom. The Kier molecular flexibility index (Phi) is 41.4. The second kappa shape index (κ2) is 40.2. The zero-order chi connectivity index (χ0) is 34.5. The molecule has 0 aliphatic carbocycles. The van der Waals surface area contributed by atoms with Crippen molar-refractivity contribution in [2.75, 3.05) is 0 Å². The van der Waals surface area contributed by atoms with Gasteiger partial charge in [-0.3, -0.25) is 9.59 Å². The Hall–Kier alpha value is 1.39. The predicted octanol–water partition coefficient (Wildman–Crippen LogP) is 15.1. The maximum atomic E-state index is 11.9. The first-order valence-electron chi connectivity index (χ1n) is 19.3. The van der Waals surface area contributed by atoms with E-state index in [1.807, 2.05) is 0 Å². The smallest absolute Gasteiger partial charge is 0.231 e. The van der Waals surface area contributed by atoms with Crippen molar-refractivity contribution in [2.24, 2.45) is 11.5 Å². The molecule has 0 fully saturated rings. The number of unbranched alkanes of at least 4 members (excludes halogenated alkanes) is 26. The molecule has 0 saturated carbocycles. The molecule has 47 heavy (non-hydrogen) atoms. The summed E-state index contributed by atoms with van der Waals surface area (Å²) in [4.78, 5) is 23.9. The summed E-state index contributed by atoms with van der Waals surface area (Å²) in [6.07, 6.45) is 39.3. The lowest BCUT2D eigenvalue weighted by atomic mass is 10.0. The summed E-state index contributed by atoms with van der Waals surface area (Å²) < 4.78 is 0. The highest BCUT2D eigenvalue weighted by molar-refractivity contribution is 9.46. The lowest BCUT2D eigenvalue weighted by molar-refractivity contribution is -0.118. The minimum atomic E-state index is -0.201. The molecular formula is C36H72N2O2S7. The summed E-state index contributed by atoms with van der Waals surface area (Å²) in [5, 5.41) is -0.247. The number of rotatable bonds is 40. The highest BCUT2D eigenvalue weighted by atomic mass is 33.9. The van der Waals surface area contributed by atoms with Crippen molar-refractivity contribution in [1.82, 2.24) is 0 Å². The molecule has 0 radical (unpaired) electrons. The van der Waals surface area contributed by atoms with Crippen molar-refractivity contribution in [3.63, 3.8) is 0 Å². The summed E-state index contributed by atoms with van der Waals surface area (Å²) >= 11 is 0. The Bertz CT molecular complexity index is 625. The first-order valence-corrected chi connectivity index (χ1v) is 28.2. The van der Waals surface area contributed by atoms with Crippen molar-refractivity contribution in [3.8, 4) is 0 Å². The lowest BCUT2D eigenvalue weighted by Gasteiger charge is -2.12. The van der Waals surface area contributed by atoms with E-state index in [1.165, 1.54) is 167 Å². The first kappa shape index (κ1) is 48.4. The van der Waals surface area contributed by atoms with Crippen molar-refractivity contribution in [1.29, 1.82) is 0 Å².